The molecule has 4 heteroatoms. The first kappa shape index (κ1) is 16.8. The average Bonchev–Trinajstić information content (AvgIpc) is 2.39. The number of methoxy groups -OCH3 is 1. The largest absolute Gasteiger partial charge is 0.394 e. The van der Waals surface area contributed by atoms with Crippen molar-refractivity contribution >= 4 is 0 Å². The van der Waals surface area contributed by atoms with Gasteiger partial charge in [0.2, 0.25) is 0 Å². The molecule has 1 unspecified atom stereocenters. The van der Waals surface area contributed by atoms with Gasteiger partial charge in [-0.15, -0.1) is 0 Å². The SMILES string of the molecule is CCN(CCCC(CC)(CO)NC)CCOC. The van der Waals surface area contributed by atoms with E-state index in [1.54, 1.807) is 7.11 Å². The van der Waals surface area contributed by atoms with Crippen molar-refractivity contribution < 1.29 is 9.84 Å². The minimum absolute atomic E-state index is 0.0966. The summed E-state index contributed by atoms with van der Waals surface area (Å²) in [5.74, 6) is 0. The quantitative estimate of drug-likeness (QED) is 0.573. The molecule has 0 saturated carbocycles. The topological polar surface area (TPSA) is 44.7 Å². The van der Waals surface area contributed by atoms with Gasteiger partial charge in [0.25, 0.3) is 0 Å². The molecular formula is C13H30N2O2. The maximum atomic E-state index is 9.44. The number of aliphatic hydroxyl groups is 1. The third-order valence-corrected chi connectivity index (χ3v) is 3.70. The summed E-state index contributed by atoms with van der Waals surface area (Å²) in [6.45, 7) is 8.42. The highest BCUT2D eigenvalue weighted by Gasteiger charge is 2.24. The molecule has 0 aliphatic rings. The van der Waals surface area contributed by atoms with Crippen molar-refractivity contribution in [3.05, 3.63) is 0 Å². The van der Waals surface area contributed by atoms with Crippen LogP contribution >= 0.6 is 0 Å². The summed E-state index contributed by atoms with van der Waals surface area (Å²) in [4.78, 5) is 2.39. The van der Waals surface area contributed by atoms with E-state index < -0.39 is 0 Å². The van der Waals surface area contributed by atoms with Crippen LogP contribution in [0.1, 0.15) is 33.1 Å². The van der Waals surface area contributed by atoms with E-state index in [9.17, 15) is 5.11 Å². The van der Waals surface area contributed by atoms with Crippen LogP contribution < -0.4 is 5.32 Å². The van der Waals surface area contributed by atoms with Crippen molar-refractivity contribution in [1.82, 2.24) is 10.2 Å². The maximum Gasteiger partial charge on any atom is 0.0613 e. The third kappa shape index (κ3) is 6.36. The van der Waals surface area contributed by atoms with Crippen LogP contribution in [-0.2, 0) is 4.74 Å². The molecule has 0 aliphatic carbocycles. The molecule has 0 aromatic heterocycles. The summed E-state index contributed by atoms with van der Waals surface area (Å²) >= 11 is 0. The predicted octanol–water partition coefficient (Wildman–Crippen LogP) is 1.10. The van der Waals surface area contributed by atoms with Crippen LogP contribution in [0.5, 0.6) is 0 Å². The number of nitrogens with one attached hydrogen (secondary N) is 1. The second kappa shape index (κ2) is 9.83. The van der Waals surface area contributed by atoms with Gasteiger partial charge < -0.3 is 20.1 Å². The van der Waals surface area contributed by atoms with Gasteiger partial charge >= 0.3 is 0 Å². The zero-order valence-electron chi connectivity index (χ0n) is 12.0. The van der Waals surface area contributed by atoms with E-state index in [1.165, 1.54) is 0 Å². The highest BCUT2D eigenvalue weighted by atomic mass is 16.5. The monoisotopic (exact) mass is 246 g/mol. The fourth-order valence-corrected chi connectivity index (χ4v) is 2.04. The van der Waals surface area contributed by atoms with Gasteiger partial charge in [-0.05, 0) is 39.4 Å². The van der Waals surface area contributed by atoms with E-state index in [2.05, 4.69) is 24.1 Å². The molecule has 0 spiro atoms. The second-order valence-corrected chi connectivity index (χ2v) is 4.57. The molecule has 0 fully saturated rings. The Hall–Kier alpha value is -0.160. The van der Waals surface area contributed by atoms with Gasteiger partial charge in [0.1, 0.15) is 0 Å². The molecule has 0 aromatic rings. The first-order valence-electron chi connectivity index (χ1n) is 6.69. The number of hydrogen-bond acceptors (Lipinski definition) is 4. The molecule has 104 valence electrons. The standard InChI is InChI=1S/C13H30N2O2/c1-5-13(12-16,14-3)8-7-9-15(6-2)10-11-17-4/h14,16H,5-12H2,1-4H3. The zero-order chi connectivity index (χ0) is 13.1. The van der Waals surface area contributed by atoms with Gasteiger partial charge in [0.05, 0.1) is 13.2 Å². The minimum atomic E-state index is -0.0966. The van der Waals surface area contributed by atoms with Gasteiger partial charge in [0, 0.05) is 19.2 Å². The molecule has 4 nitrogen and oxygen atoms in total. The molecule has 0 aliphatic heterocycles. The maximum absolute atomic E-state index is 9.44. The van der Waals surface area contributed by atoms with Gasteiger partial charge in [-0.25, -0.2) is 0 Å². The summed E-state index contributed by atoms with van der Waals surface area (Å²) in [6.07, 6.45) is 3.08. The summed E-state index contributed by atoms with van der Waals surface area (Å²) in [5.41, 5.74) is -0.0966. The molecule has 17 heavy (non-hydrogen) atoms. The number of rotatable bonds is 11. The first-order valence-corrected chi connectivity index (χ1v) is 6.69. The molecule has 0 radical (unpaired) electrons. The summed E-state index contributed by atoms with van der Waals surface area (Å²) in [5, 5.41) is 12.7. The summed E-state index contributed by atoms with van der Waals surface area (Å²) in [6, 6.07) is 0. The average molecular weight is 246 g/mol. The number of ether oxygens (including phenoxy) is 1. The summed E-state index contributed by atoms with van der Waals surface area (Å²) < 4.78 is 5.09. The lowest BCUT2D eigenvalue weighted by Gasteiger charge is -2.31. The number of hydrogen-bond donors (Lipinski definition) is 2. The van der Waals surface area contributed by atoms with E-state index in [0.717, 1.165) is 45.5 Å². The number of likely N-dealkylation sites (N-methyl/N-ethyl adjacent to an activating group) is 2. The molecule has 0 heterocycles. The molecule has 0 rings (SSSR count). The molecule has 0 aromatic carbocycles. The lowest BCUT2D eigenvalue weighted by atomic mass is 9.91. The van der Waals surface area contributed by atoms with Gasteiger partial charge in [-0.1, -0.05) is 13.8 Å². The van der Waals surface area contributed by atoms with Crippen molar-refractivity contribution in [2.75, 3.05) is 47.0 Å². The van der Waals surface area contributed by atoms with Crippen LogP contribution in [0.3, 0.4) is 0 Å². The van der Waals surface area contributed by atoms with Crippen LogP contribution in [0.15, 0.2) is 0 Å². The normalized spacial score (nSPS) is 15.2. The first-order chi connectivity index (χ1) is 8.17. The molecule has 0 amide bonds. The molecule has 2 N–H and O–H groups in total. The Kier molecular flexibility index (Phi) is 9.74. The van der Waals surface area contributed by atoms with Crippen LogP contribution in [-0.4, -0.2) is 62.6 Å². The molecule has 1 atom stereocenters. The smallest absolute Gasteiger partial charge is 0.0613 e. The Morgan fingerprint density at radius 2 is 2.00 bits per heavy atom. The van der Waals surface area contributed by atoms with Crippen LogP contribution in [0.2, 0.25) is 0 Å². The highest BCUT2D eigenvalue weighted by Crippen LogP contribution is 2.16. The predicted molar refractivity (Wildman–Crippen MR) is 72.4 cm³/mol. The van der Waals surface area contributed by atoms with Crippen molar-refractivity contribution in [2.24, 2.45) is 0 Å². The lowest BCUT2D eigenvalue weighted by molar-refractivity contribution is 0.132. The Labute approximate surface area is 106 Å². The van der Waals surface area contributed by atoms with Crippen molar-refractivity contribution in [1.29, 1.82) is 0 Å². The van der Waals surface area contributed by atoms with E-state index in [0.29, 0.717) is 0 Å². The fraction of sp³-hybridized carbons (Fsp3) is 1.00. The van der Waals surface area contributed by atoms with E-state index in [-0.39, 0.29) is 12.1 Å². The van der Waals surface area contributed by atoms with Crippen molar-refractivity contribution in [2.45, 2.75) is 38.6 Å². The lowest BCUT2D eigenvalue weighted by Crippen LogP contribution is -2.46. The van der Waals surface area contributed by atoms with Gasteiger partial charge in [0.15, 0.2) is 0 Å². The second-order valence-electron chi connectivity index (χ2n) is 4.57. The number of aliphatic hydroxyl groups excluding tert-OH is 1. The summed E-state index contributed by atoms with van der Waals surface area (Å²) in [7, 11) is 3.67. The van der Waals surface area contributed by atoms with Gasteiger partial charge in [-0.2, -0.15) is 0 Å². The van der Waals surface area contributed by atoms with Crippen LogP contribution in [0, 0.1) is 0 Å². The minimum Gasteiger partial charge on any atom is -0.394 e. The molecule has 0 bridgehead atoms. The van der Waals surface area contributed by atoms with E-state index in [1.807, 2.05) is 7.05 Å². The molecule has 0 saturated heterocycles. The zero-order valence-corrected chi connectivity index (χ0v) is 12.0. The Morgan fingerprint density at radius 3 is 2.41 bits per heavy atom. The highest BCUT2D eigenvalue weighted by molar-refractivity contribution is 4.84. The van der Waals surface area contributed by atoms with E-state index >= 15 is 0 Å². The Balaban J connectivity index is 3.92. The van der Waals surface area contributed by atoms with E-state index in [4.69, 9.17) is 4.74 Å². The third-order valence-electron chi connectivity index (χ3n) is 3.70. The fourth-order valence-electron chi connectivity index (χ4n) is 2.04. The van der Waals surface area contributed by atoms with Crippen molar-refractivity contribution in [3.8, 4) is 0 Å². The van der Waals surface area contributed by atoms with Crippen LogP contribution in [0.4, 0.5) is 0 Å². The molecular weight excluding hydrogens is 216 g/mol. The van der Waals surface area contributed by atoms with Gasteiger partial charge in [-0.3, -0.25) is 0 Å². The van der Waals surface area contributed by atoms with Crippen LogP contribution in [0.25, 0.3) is 0 Å². The Morgan fingerprint density at radius 1 is 1.29 bits per heavy atom. The Bertz CT molecular complexity index is 165. The number of nitrogens with zero attached hydrogens (tertiary/aromatic N) is 1. The van der Waals surface area contributed by atoms with Crippen molar-refractivity contribution in [3.63, 3.8) is 0 Å².